The van der Waals surface area contributed by atoms with Crippen LogP contribution in [0.1, 0.15) is 17.7 Å². The number of nitrogens with one attached hydrogen (secondary N) is 1. The molecule has 1 aliphatic heterocycles. The van der Waals surface area contributed by atoms with Crippen LogP contribution < -0.4 is 10.9 Å². The van der Waals surface area contributed by atoms with Gasteiger partial charge in [0.25, 0.3) is 5.56 Å². The van der Waals surface area contributed by atoms with Crippen LogP contribution in [0.2, 0.25) is 5.15 Å². The van der Waals surface area contributed by atoms with Gasteiger partial charge in [-0.2, -0.15) is 0 Å². The summed E-state index contributed by atoms with van der Waals surface area (Å²) in [6.07, 6.45) is -0.260. The summed E-state index contributed by atoms with van der Waals surface area (Å²) in [7, 11) is 0. The molecule has 1 atom stereocenters. The van der Waals surface area contributed by atoms with Gasteiger partial charge in [0.1, 0.15) is 13.2 Å². The number of carbonyl (C=O) groups excluding carboxylic acids is 1. The number of nitrogens with zero attached hydrogens (tertiary/aromatic N) is 3. The molecule has 160 valence electrons. The molecule has 1 aliphatic rings. The van der Waals surface area contributed by atoms with Gasteiger partial charge in [0.05, 0.1) is 5.69 Å². The van der Waals surface area contributed by atoms with Crippen LogP contribution in [-0.2, 0) is 22.7 Å². The average molecular weight is 435 g/mol. The third kappa shape index (κ3) is 5.29. The highest BCUT2D eigenvalue weighted by molar-refractivity contribution is 6.30. The minimum Gasteiger partial charge on any atom is -0.465 e. The first-order valence-corrected chi connectivity index (χ1v) is 9.91. The molecule has 2 N–H and O–H groups in total. The quantitative estimate of drug-likeness (QED) is 0.643. The number of aromatic nitrogens is 2. The SMILES string of the molecule is Cc1c(Cl)nc(NC[C@H]2CCN(C(=O)O)C2)c(=O)n1CC(=O)OCc1ccccc1. The number of carboxylic acid groups (broad SMARTS) is 1. The second-order valence-corrected chi connectivity index (χ2v) is 7.50. The molecule has 3 rings (SSSR count). The van der Waals surface area contributed by atoms with Gasteiger partial charge < -0.3 is 20.1 Å². The number of benzene rings is 1. The van der Waals surface area contributed by atoms with Crippen molar-refractivity contribution in [1.29, 1.82) is 0 Å². The lowest BCUT2D eigenvalue weighted by atomic mass is 10.1. The maximum Gasteiger partial charge on any atom is 0.407 e. The second kappa shape index (κ2) is 9.62. The number of rotatable bonds is 7. The van der Waals surface area contributed by atoms with Crippen molar-refractivity contribution in [3.8, 4) is 0 Å². The Hall–Kier alpha value is -3.07. The van der Waals surface area contributed by atoms with E-state index in [1.54, 1.807) is 6.92 Å². The van der Waals surface area contributed by atoms with E-state index in [9.17, 15) is 14.4 Å². The minimum atomic E-state index is -0.953. The van der Waals surface area contributed by atoms with Crippen LogP contribution >= 0.6 is 11.6 Å². The number of carbonyl (C=O) groups is 2. The van der Waals surface area contributed by atoms with Gasteiger partial charge in [-0.05, 0) is 24.8 Å². The van der Waals surface area contributed by atoms with Crippen molar-refractivity contribution in [2.24, 2.45) is 5.92 Å². The summed E-state index contributed by atoms with van der Waals surface area (Å²) in [4.78, 5) is 41.5. The van der Waals surface area contributed by atoms with Gasteiger partial charge in [0, 0.05) is 19.6 Å². The van der Waals surface area contributed by atoms with Gasteiger partial charge in [0.2, 0.25) is 0 Å². The van der Waals surface area contributed by atoms with Crippen LogP contribution in [-0.4, -0.2) is 51.3 Å². The van der Waals surface area contributed by atoms with Crippen LogP contribution in [0.15, 0.2) is 35.1 Å². The molecule has 0 unspecified atom stereocenters. The van der Waals surface area contributed by atoms with Crippen LogP contribution in [0.4, 0.5) is 10.6 Å². The maximum atomic E-state index is 12.8. The first-order valence-electron chi connectivity index (χ1n) is 9.53. The zero-order chi connectivity index (χ0) is 21.7. The normalized spacial score (nSPS) is 15.8. The standard InChI is InChI=1S/C20H23ClN4O5/c1-13-17(21)23-18(22-9-15-7-8-24(10-15)20(28)29)19(27)25(13)11-16(26)30-12-14-5-3-2-4-6-14/h2-6,15H,7-12H2,1H3,(H,22,23)(H,28,29)/t15-/m1/s1. The highest BCUT2D eigenvalue weighted by atomic mass is 35.5. The number of likely N-dealkylation sites (tertiary alicyclic amines) is 1. The van der Waals surface area contributed by atoms with Crippen molar-refractivity contribution >= 4 is 29.5 Å². The van der Waals surface area contributed by atoms with Crippen molar-refractivity contribution in [2.45, 2.75) is 26.5 Å². The van der Waals surface area contributed by atoms with E-state index in [-0.39, 0.29) is 30.0 Å². The van der Waals surface area contributed by atoms with Crippen LogP contribution in [0, 0.1) is 12.8 Å². The summed E-state index contributed by atoms with van der Waals surface area (Å²) in [6, 6.07) is 9.23. The van der Waals surface area contributed by atoms with Gasteiger partial charge in [-0.15, -0.1) is 0 Å². The summed E-state index contributed by atoms with van der Waals surface area (Å²) in [6.45, 7) is 2.66. The van der Waals surface area contributed by atoms with Crippen LogP contribution in [0.3, 0.4) is 0 Å². The summed E-state index contributed by atoms with van der Waals surface area (Å²) in [5.41, 5.74) is 0.723. The minimum absolute atomic E-state index is 0.0234. The Bertz CT molecular complexity index is 979. The van der Waals surface area contributed by atoms with Crippen molar-refractivity contribution < 1.29 is 19.4 Å². The monoisotopic (exact) mass is 434 g/mol. The molecule has 30 heavy (non-hydrogen) atoms. The summed E-state index contributed by atoms with van der Waals surface area (Å²) in [5, 5.41) is 12.1. The lowest BCUT2D eigenvalue weighted by Crippen LogP contribution is -2.32. The molecule has 1 fully saturated rings. The Labute approximate surface area is 178 Å². The second-order valence-electron chi connectivity index (χ2n) is 7.14. The zero-order valence-corrected chi connectivity index (χ0v) is 17.3. The van der Waals surface area contributed by atoms with Crippen molar-refractivity contribution in [1.82, 2.24) is 14.5 Å². The number of esters is 1. The molecular formula is C20H23ClN4O5. The molecule has 0 saturated carbocycles. The number of hydrogen-bond acceptors (Lipinski definition) is 6. The van der Waals surface area contributed by atoms with E-state index in [0.29, 0.717) is 31.7 Å². The highest BCUT2D eigenvalue weighted by Gasteiger charge is 2.26. The van der Waals surface area contributed by atoms with E-state index < -0.39 is 17.6 Å². The summed E-state index contributed by atoms with van der Waals surface area (Å²) < 4.78 is 6.48. The molecule has 0 radical (unpaired) electrons. The van der Waals surface area contributed by atoms with E-state index in [4.69, 9.17) is 21.4 Å². The summed E-state index contributed by atoms with van der Waals surface area (Å²) >= 11 is 6.16. The Morgan fingerprint density at radius 1 is 1.33 bits per heavy atom. The highest BCUT2D eigenvalue weighted by Crippen LogP contribution is 2.17. The molecular weight excluding hydrogens is 412 g/mol. The van der Waals surface area contributed by atoms with Gasteiger partial charge in [-0.25, -0.2) is 9.78 Å². The van der Waals surface area contributed by atoms with E-state index in [0.717, 1.165) is 5.56 Å². The molecule has 2 heterocycles. The number of anilines is 1. The van der Waals surface area contributed by atoms with Crippen LogP contribution in [0.25, 0.3) is 0 Å². The zero-order valence-electron chi connectivity index (χ0n) is 16.5. The fourth-order valence-electron chi connectivity index (χ4n) is 3.25. The Morgan fingerprint density at radius 2 is 2.07 bits per heavy atom. The summed E-state index contributed by atoms with van der Waals surface area (Å²) in [5.74, 6) is -0.480. The van der Waals surface area contributed by atoms with E-state index in [1.807, 2.05) is 30.3 Å². The van der Waals surface area contributed by atoms with Gasteiger partial charge in [-0.1, -0.05) is 41.9 Å². The molecule has 1 aromatic heterocycles. The largest absolute Gasteiger partial charge is 0.465 e. The van der Waals surface area contributed by atoms with Crippen molar-refractivity contribution in [3.05, 3.63) is 57.1 Å². The number of ether oxygens (including phenoxy) is 1. The Morgan fingerprint density at radius 3 is 2.73 bits per heavy atom. The van der Waals surface area contributed by atoms with Crippen molar-refractivity contribution in [3.63, 3.8) is 0 Å². The topological polar surface area (TPSA) is 114 Å². The van der Waals surface area contributed by atoms with Crippen LogP contribution in [0.5, 0.6) is 0 Å². The molecule has 2 aromatic rings. The molecule has 1 saturated heterocycles. The fourth-order valence-corrected chi connectivity index (χ4v) is 3.44. The molecule has 0 spiro atoms. The number of amides is 1. The first kappa shape index (κ1) is 21.6. The van der Waals surface area contributed by atoms with Gasteiger partial charge in [0.15, 0.2) is 11.0 Å². The van der Waals surface area contributed by atoms with E-state index in [2.05, 4.69) is 10.3 Å². The molecule has 10 heteroatoms. The Kier molecular flexibility index (Phi) is 6.94. The number of halogens is 1. The molecule has 1 aromatic carbocycles. The molecule has 1 amide bonds. The smallest absolute Gasteiger partial charge is 0.407 e. The number of hydrogen-bond donors (Lipinski definition) is 2. The molecule has 0 bridgehead atoms. The van der Waals surface area contributed by atoms with E-state index in [1.165, 1.54) is 9.47 Å². The average Bonchev–Trinajstić information content (AvgIpc) is 3.21. The van der Waals surface area contributed by atoms with E-state index >= 15 is 0 Å². The molecule has 0 aliphatic carbocycles. The van der Waals surface area contributed by atoms with Crippen molar-refractivity contribution in [2.75, 3.05) is 25.0 Å². The molecule has 9 nitrogen and oxygen atoms in total. The lowest BCUT2D eigenvalue weighted by Gasteiger charge is -2.16. The lowest BCUT2D eigenvalue weighted by molar-refractivity contribution is -0.145. The Balaban J connectivity index is 1.65. The third-order valence-corrected chi connectivity index (χ3v) is 5.36. The fraction of sp³-hybridized carbons (Fsp3) is 0.400. The first-order chi connectivity index (χ1) is 14.3. The predicted octanol–water partition coefficient (Wildman–Crippen LogP) is 2.36. The third-order valence-electron chi connectivity index (χ3n) is 5.01. The van der Waals surface area contributed by atoms with Gasteiger partial charge >= 0.3 is 12.1 Å². The maximum absolute atomic E-state index is 12.8. The predicted molar refractivity (Wildman–Crippen MR) is 111 cm³/mol. The van der Waals surface area contributed by atoms with Gasteiger partial charge in [-0.3, -0.25) is 14.2 Å².